The van der Waals surface area contributed by atoms with Crippen molar-refractivity contribution < 1.29 is 10.5 Å². The molecule has 2 rings (SSSR count). The van der Waals surface area contributed by atoms with Gasteiger partial charge in [0.1, 0.15) is 5.82 Å². The minimum absolute atomic E-state index is 0.150. The Balaban J connectivity index is 2.14. The summed E-state index contributed by atoms with van der Waals surface area (Å²) in [7, 11) is 0. The second-order valence-electron chi connectivity index (χ2n) is 7.81. The number of aromatic nitrogens is 2. The summed E-state index contributed by atoms with van der Waals surface area (Å²) in [6.45, 7) is 5.79. The lowest BCUT2D eigenvalue weighted by Crippen LogP contribution is -2.50. The highest BCUT2D eigenvalue weighted by Gasteiger charge is 2.23. The first-order valence-corrected chi connectivity index (χ1v) is 11.2. The van der Waals surface area contributed by atoms with Gasteiger partial charge in [-0.25, -0.2) is 4.98 Å². The van der Waals surface area contributed by atoms with Gasteiger partial charge in [0.25, 0.3) is 5.56 Å². The van der Waals surface area contributed by atoms with E-state index in [0.29, 0.717) is 29.7 Å². The third-order valence-corrected chi connectivity index (χ3v) is 5.46. The van der Waals surface area contributed by atoms with Crippen molar-refractivity contribution in [2.45, 2.75) is 77.7 Å². The van der Waals surface area contributed by atoms with Gasteiger partial charge in [0, 0.05) is 13.0 Å². The van der Waals surface area contributed by atoms with E-state index in [4.69, 9.17) is 0 Å². The molecular weight excluding hydrogens is 364 g/mol. The number of nitrogens with zero attached hydrogens (tertiary/aromatic N) is 2. The number of hydrogen-bond donors (Lipinski definition) is 2. The standard InChI is InChI=1S/C23H36N4O2/c1-3-4-5-8-15-21(28)27(17-12-7-6-11-16-24)18(2)22-25-20-14-10-9-13-19(20)23(29)26-22/h9-10,13-14,18H,3-8,11-12,15-17,24H2,1-2H3,(H,25,26,29)/p+1/t18-/m1/s1. The lowest BCUT2D eigenvalue weighted by molar-refractivity contribution is -0.368. The van der Waals surface area contributed by atoms with Crippen molar-refractivity contribution in [3.8, 4) is 0 Å². The molecule has 1 atom stereocenters. The number of nitrogens with one attached hydrogen (secondary N) is 1. The summed E-state index contributed by atoms with van der Waals surface area (Å²) in [5.41, 5.74) is 4.41. The van der Waals surface area contributed by atoms with Gasteiger partial charge in [0.05, 0.1) is 23.5 Å². The minimum Gasteiger partial charge on any atom is -0.358 e. The van der Waals surface area contributed by atoms with Crippen LogP contribution in [0.3, 0.4) is 0 Å². The maximum atomic E-state index is 13.0. The summed E-state index contributed by atoms with van der Waals surface area (Å²) in [5, 5.41) is 0.578. The molecule has 0 saturated carbocycles. The smallest absolute Gasteiger partial charge is 0.258 e. The number of carbonyl (C=O) groups is 1. The average molecular weight is 402 g/mol. The Hall–Kier alpha value is -2.21. The molecule has 4 N–H and O–H groups in total. The largest absolute Gasteiger partial charge is 0.358 e. The number of hydrogen-bond acceptors (Lipinski definition) is 3. The van der Waals surface area contributed by atoms with Crippen molar-refractivity contribution in [1.29, 1.82) is 0 Å². The van der Waals surface area contributed by atoms with Gasteiger partial charge in [0.15, 0.2) is 0 Å². The van der Waals surface area contributed by atoms with Gasteiger partial charge < -0.3 is 15.6 Å². The van der Waals surface area contributed by atoms with Crippen LogP contribution in [0.15, 0.2) is 29.1 Å². The fourth-order valence-corrected chi connectivity index (χ4v) is 3.64. The molecule has 0 aliphatic heterocycles. The van der Waals surface area contributed by atoms with Gasteiger partial charge in [-0.15, -0.1) is 0 Å². The highest BCUT2D eigenvalue weighted by atomic mass is 16.2. The van der Waals surface area contributed by atoms with E-state index in [0.717, 1.165) is 57.9 Å². The molecule has 0 saturated heterocycles. The van der Waals surface area contributed by atoms with E-state index in [-0.39, 0.29) is 17.5 Å². The summed E-state index contributed by atoms with van der Waals surface area (Å²) >= 11 is 0. The van der Waals surface area contributed by atoms with Gasteiger partial charge in [-0.3, -0.25) is 9.59 Å². The Morgan fingerprint density at radius 1 is 1.10 bits per heavy atom. The molecule has 0 spiro atoms. The van der Waals surface area contributed by atoms with Crippen molar-refractivity contribution in [1.82, 2.24) is 14.9 Å². The molecular formula is C23H37N4O2+. The van der Waals surface area contributed by atoms with Crippen molar-refractivity contribution in [2.24, 2.45) is 0 Å². The molecule has 0 aliphatic carbocycles. The number of amides is 1. The van der Waals surface area contributed by atoms with Crippen molar-refractivity contribution in [3.05, 3.63) is 40.4 Å². The van der Waals surface area contributed by atoms with Crippen molar-refractivity contribution in [3.63, 3.8) is 0 Å². The minimum atomic E-state index is -0.251. The van der Waals surface area contributed by atoms with Crippen LogP contribution in [0.5, 0.6) is 0 Å². The second kappa shape index (κ2) is 12.4. The predicted octanol–water partition coefficient (Wildman–Crippen LogP) is 3.59. The number of rotatable bonds is 13. The van der Waals surface area contributed by atoms with Crippen molar-refractivity contribution >= 4 is 16.8 Å². The van der Waals surface area contributed by atoms with E-state index in [9.17, 15) is 9.59 Å². The van der Waals surface area contributed by atoms with E-state index in [1.54, 1.807) is 6.07 Å². The van der Waals surface area contributed by atoms with E-state index in [2.05, 4.69) is 22.6 Å². The summed E-state index contributed by atoms with van der Waals surface area (Å²) in [6, 6.07) is 7.08. The lowest BCUT2D eigenvalue weighted by Gasteiger charge is -2.29. The third-order valence-electron chi connectivity index (χ3n) is 5.46. The van der Waals surface area contributed by atoms with Crippen molar-refractivity contribution in [2.75, 3.05) is 13.1 Å². The zero-order chi connectivity index (χ0) is 21.1. The third kappa shape index (κ3) is 6.96. The van der Waals surface area contributed by atoms with Crippen LogP contribution in [0.4, 0.5) is 0 Å². The van der Waals surface area contributed by atoms with Crippen LogP contribution >= 0.6 is 0 Å². The Morgan fingerprint density at radius 2 is 1.83 bits per heavy atom. The molecule has 0 aliphatic rings. The summed E-state index contributed by atoms with van der Waals surface area (Å²) in [5.74, 6) is 0.718. The van der Waals surface area contributed by atoms with E-state index in [1.807, 2.05) is 30.0 Å². The number of benzene rings is 1. The topological polar surface area (TPSA) is 93.7 Å². The van der Waals surface area contributed by atoms with E-state index < -0.39 is 0 Å². The molecule has 6 heteroatoms. The maximum Gasteiger partial charge on any atom is 0.258 e. The normalized spacial score (nSPS) is 12.2. The lowest BCUT2D eigenvalue weighted by atomic mass is 10.1. The van der Waals surface area contributed by atoms with E-state index in [1.165, 1.54) is 0 Å². The molecule has 1 aromatic carbocycles. The van der Waals surface area contributed by atoms with Crippen LogP contribution in [0.1, 0.15) is 83.5 Å². The van der Waals surface area contributed by atoms with Gasteiger partial charge in [-0.1, -0.05) is 44.7 Å². The Kier molecular flexibility index (Phi) is 9.84. The molecule has 0 unspecified atom stereocenters. The first-order valence-electron chi connectivity index (χ1n) is 11.2. The highest BCUT2D eigenvalue weighted by Crippen LogP contribution is 2.21. The number of quaternary nitrogens is 1. The molecule has 6 nitrogen and oxygen atoms in total. The molecule has 0 bridgehead atoms. The van der Waals surface area contributed by atoms with Gasteiger partial charge >= 0.3 is 0 Å². The van der Waals surface area contributed by atoms with Crippen LogP contribution in [0, 0.1) is 0 Å². The molecule has 160 valence electrons. The quantitative estimate of drug-likeness (QED) is 0.502. The van der Waals surface area contributed by atoms with Crippen LogP contribution in [-0.2, 0) is 4.79 Å². The molecule has 1 aromatic heterocycles. The molecule has 0 fully saturated rings. The maximum absolute atomic E-state index is 13.0. The number of H-pyrrole nitrogens is 1. The molecule has 1 heterocycles. The molecule has 29 heavy (non-hydrogen) atoms. The monoisotopic (exact) mass is 401 g/mol. The van der Waals surface area contributed by atoms with Gasteiger partial charge in [-0.05, 0) is 44.7 Å². The first kappa shape index (κ1) is 23.1. The van der Waals surface area contributed by atoms with Crippen LogP contribution < -0.4 is 11.3 Å². The van der Waals surface area contributed by atoms with Gasteiger partial charge in [-0.2, -0.15) is 0 Å². The number of carbonyl (C=O) groups excluding carboxylic acids is 1. The fraction of sp³-hybridized carbons (Fsp3) is 0.609. The summed E-state index contributed by atoms with van der Waals surface area (Å²) in [6.07, 6.45) is 9.18. The van der Waals surface area contributed by atoms with Crippen LogP contribution in [-0.4, -0.2) is 33.9 Å². The molecule has 2 aromatic rings. The highest BCUT2D eigenvalue weighted by molar-refractivity contribution is 5.78. The zero-order valence-corrected chi connectivity index (χ0v) is 18.1. The number of aromatic amines is 1. The zero-order valence-electron chi connectivity index (χ0n) is 18.1. The van der Waals surface area contributed by atoms with E-state index >= 15 is 0 Å². The van der Waals surface area contributed by atoms with Crippen LogP contribution in [0.25, 0.3) is 10.9 Å². The first-order chi connectivity index (χ1) is 14.1. The SMILES string of the molecule is CCCCCCC(=O)N(CCCCCC[NH3+])[C@H](C)c1nc2ccccc2c(=O)[nH]1. The molecule has 1 amide bonds. The average Bonchev–Trinajstić information content (AvgIpc) is 2.73. The number of para-hydroxylation sites is 1. The Labute approximate surface area is 173 Å². The number of unbranched alkanes of at least 4 members (excludes halogenated alkanes) is 6. The second-order valence-corrected chi connectivity index (χ2v) is 7.81. The summed E-state index contributed by atoms with van der Waals surface area (Å²) < 4.78 is 0. The predicted molar refractivity (Wildman–Crippen MR) is 117 cm³/mol. The van der Waals surface area contributed by atoms with Gasteiger partial charge in [0.2, 0.25) is 5.91 Å². The summed E-state index contributed by atoms with van der Waals surface area (Å²) in [4.78, 5) is 34.9. The van der Waals surface area contributed by atoms with Crippen LogP contribution in [0.2, 0.25) is 0 Å². The molecule has 0 radical (unpaired) electrons. The number of fused-ring (bicyclic) bond motifs is 1. The Morgan fingerprint density at radius 3 is 2.59 bits per heavy atom. The Bertz CT molecular complexity index is 818. The fourth-order valence-electron chi connectivity index (χ4n) is 3.64.